The first-order valence-electron chi connectivity index (χ1n) is 7.79. The van der Waals surface area contributed by atoms with Gasteiger partial charge in [-0.05, 0) is 45.9 Å². The van der Waals surface area contributed by atoms with Crippen molar-refractivity contribution in [2.24, 2.45) is 0 Å². The summed E-state index contributed by atoms with van der Waals surface area (Å²) in [7, 11) is 1.22. The molecule has 1 aliphatic rings. The number of aromatic nitrogens is 1. The molecule has 0 atom stereocenters. The Morgan fingerprint density at radius 3 is 2.26 bits per heavy atom. The molecule has 23 heavy (non-hydrogen) atoms. The molecule has 1 aliphatic heterocycles. The first kappa shape index (κ1) is 16.0. The van der Waals surface area contributed by atoms with E-state index in [1.165, 1.54) is 0 Å². The van der Waals surface area contributed by atoms with Crippen LogP contribution in [0.4, 0.5) is 0 Å². The van der Waals surface area contributed by atoms with Crippen LogP contribution >= 0.6 is 0 Å². The van der Waals surface area contributed by atoms with Crippen molar-refractivity contribution in [3.63, 3.8) is 0 Å². The fraction of sp³-hybridized carbons (Fsp3) is 0.389. The molecule has 2 aromatic rings. The lowest BCUT2D eigenvalue weighted by Crippen LogP contribution is -2.41. The molecular formula is C18H22BNO3. The largest absolute Gasteiger partial charge is 0.498 e. The van der Waals surface area contributed by atoms with Crippen molar-refractivity contribution in [2.45, 2.75) is 38.9 Å². The average molecular weight is 311 g/mol. The maximum Gasteiger partial charge on any atom is 0.498 e. The van der Waals surface area contributed by atoms with Crippen LogP contribution in [0.2, 0.25) is 0 Å². The highest BCUT2D eigenvalue weighted by atomic mass is 16.7. The number of benzene rings is 1. The van der Waals surface area contributed by atoms with Crippen molar-refractivity contribution >= 4 is 12.6 Å². The van der Waals surface area contributed by atoms with E-state index in [1.54, 1.807) is 13.3 Å². The normalized spacial score (nSPS) is 18.9. The molecule has 120 valence electrons. The first-order chi connectivity index (χ1) is 10.8. The Hall–Kier alpha value is -1.85. The number of pyridine rings is 1. The predicted octanol–water partition coefficient (Wildman–Crippen LogP) is 3.06. The van der Waals surface area contributed by atoms with Gasteiger partial charge in [0.05, 0.1) is 24.0 Å². The van der Waals surface area contributed by atoms with Crippen LogP contribution in [-0.2, 0) is 9.31 Å². The molecule has 0 aliphatic carbocycles. The molecule has 0 spiro atoms. The van der Waals surface area contributed by atoms with E-state index < -0.39 is 7.12 Å². The standard InChI is InChI=1S/C18H22BNO3/c1-17(2)18(3,4)23-19(22-17)14-10-9-13(12-16(14)21-5)15-8-6-7-11-20-15/h6-12H,1-5H3. The third kappa shape index (κ3) is 2.86. The lowest BCUT2D eigenvalue weighted by molar-refractivity contribution is 0.00578. The van der Waals surface area contributed by atoms with Crippen molar-refractivity contribution in [3.8, 4) is 17.0 Å². The lowest BCUT2D eigenvalue weighted by atomic mass is 9.78. The van der Waals surface area contributed by atoms with Crippen LogP contribution in [0.3, 0.4) is 0 Å². The van der Waals surface area contributed by atoms with Crippen LogP contribution in [0, 0.1) is 0 Å². The van der Waals surface area contributed by atoms with E-state index in [0.29, 0.717) is 0 Å². The average Bonchev–Trinajstić information content (AvgIpc) is 2.75. The second-order valence-corrected chi connectivity index (χ2v) is 6.76. The summed E-state index contributed by atoms with van der Waals surface area (Å²) >= 11 is 0. The van der Waals surface area contributed by atoms with Crippen LogP contribution in [0.1, 0.15) is 27.7 Å². The second-order valence-electron chi connectivity index (χ2n) is 6.76. The highest BCUT2D eigenvalue weighted by molar-refractivity contribution is 6.63. The van der Waals surface area contributed by atoms with Gasteiger partial charge in [-0.1, -0.05) is 18.2 Å². The number of nitrogens with zero attached hydrogens (tertiary/aromatic N) is 1. The Morgan fingerprint density at radius 1 is 1.00 bits per heavy atom. The molecule has 1 saturated heterocycles. The van der Waals surface area contributed by atoms with Gasteiger partial charge in [0, 0.05) is 17.2 Å². The molecule has 1 fully saturated rings. The van der Waals surface area contributed by atoms with E-state index in [9.17, 15) is 0 Å². The zero-order valence-electron chi connectivity index (χ0n) is 14.3. The van der Waals surface area contributed by atoms with Crippen LogP contribution in [0.25, 0.3) is 11.3 Å². The summed E-state index contributed by atoms with van der Waals surface area (Å²) in [5, 5.41) is 0. The Morgan fingerprint density at radius 2 is 1.70 bits per heavy atom. The summed E-state index contributed by atoms with van der Waals surface area (Å²) in [4.78, 5) is 4.38. The van der Waals surface area contributed by atoms with Crippen LogP contribution in [-0.4, -0.2) is 30.4 Å². The Kier molecular flexibility index (Phi) is 3.94. The summed E-state index contributed by atoms with van der Waals surface area (Å²) in [6.45, 7) is 8.17. The van der Waals surface area contributed by atoms with Gasteiger partial charge in [-0.25, -0.2) is 0 Å². The highest BCUT2D eigenvalue weighted by Crippen LogP contribution is 2.37. The van der Waals surface area contributed by atoms with Gasteiger partial charge in [-0.3, -0.25) is 4.98 Å². The fourth-order valence-corrected chi connectivity index (χ4v) is 2.57. The summed E-state index contributed by atoms with van der Waals surface area (Å²) in [5.74, 6) is 0.742. The predicted molar refractivity (Wildman–Crippen MR) is 91.9 cm³/mol. The van der Waals surface area contributed by atoms with E-state index in [0.717, 1.165) is 22.5 Å². The monoisotopic (exact) mass is 311 g/mol. The zero-order valence-corrected chi connectivity index (χ0v) is 14.3. The molecule has 2 heterocycles. The molecule has 0 bridgehead atoms. The second kappa shape index (κ2) is 5.66. The van der Waals surface area contributed by atoms with Crippen molar-refractivity contribution in [3.05, 3.63) is 42.6 Å². The minimum Gasteiger partial charge on any atom is -0.497 e. The highest BCUT2D eigenvalue weighted by Gasteiger charge is 2.52. The number of ether oxygens (including phenoxy) is 1. The first-order valence-corrected chi connectivity index (χ1v) is 7.79. The van der Waals surface area contributed by atoms with Crippen molar-refractivity contribution < 1.29 is 14.0 Å². The van der Waals surface area contributed by atoms with Crippen molar-refractivity contribution in [2.75, 3.05) is 7.11 Å². The van der Waals surface area contributed by atoms with E-state index in [1.807, 2.05) is 64.1 Å². The molecule has 0 amide bonds. The quantitative estimate of drug-likeness (QED) is 0.817. The molecule has 5 heteroatoms. The topological polar surface area (TPSA) is 40.6 Å². The summed E-state index contributed by atoms with van der Waals surface area (Å²) in [6, 6.07) is 11.8. The summed E-state index contributed by atoms with van der Waals surface area (Å²) < 4.78 is 17.8. The number of hydrogen-bond acceptors (Lipinski definition) is 4. The molecule has 1 aromatic heterocycles. The van der Waals surface area contributed by atoms with Crippen LogP contribution in [0.5, 0.6) is 5.75 Å². The van der Waals surface area contributed by atoms with Gasteiger partial charge < -0.3 is 14.0 Å². The number of rotatable bonds is 3. The molecule has 1 aromatic carbocycles. The Balaban J connectivity index is 1.96. The SMILES string of the molecule is COc1cc(-c2ccccn2)ccc1B1OC(C)(C)C(C)(C)O1. The van der Waals surface area contributed by atoms with E-state index in [4.69, 9.17) is 14.0 Å². The third-order valence-corrected chi connectivity index (χ3v) is 4.70. The van der Waals surface area contributed by atoms with E-state index in [2.05, 4.69) is 4.98 Å². The third-order valence-electron chi connectivity index (χ3n) is 4.70. The molecule has 4 nitrogen and oxygen atoms in total. The Bertz CT molecular complexity index is 685. The van der Waals surface area contributed by atoms with Gasteiger partial charge in [0.1, 0.15) is 5.75 Å². The van der Waals surface area contributed by atoms with Gasteiger partial charge >= 0.3 is 7.12 Å². The van der Waals surface area contributed by atoms with E-state index >= 15 is 0 Å². The molecule has 0 N–H and O–H groups in total. The molecule has 0 saturated carbocycles. The van der Waals surface area contributed by atoms with Gasteiger partial charge in [0.2, 0.25) is 0 Å². The maximum atomic E-state index is 6.12. The van der Waals surface area contributed by atoms with Gasteiger partial charge in [0.15, 0.2) is 0 Å². The smallest absolute Gasteiger partial charge is 0.497 e. The van der Waals surface area contributed by atoms with Crippen LogP contribution < -0.4 is 10.2 Å². The number of hydrogen-bond donors (Lipinski definition) is 0. The van der Waals surface area contributed by atoms with Crippen molar-refractivity contribution in [1.29, 1.82) is 0 Å². The minimum absolute atomic E-state index is 0.373. The zero-order chi connectivity index (χ0) is 16.7. The minimum atomic E-state index is -0.437. The van der Waals surface area contributed by atoms with Crippen LogP contribution in [0.15, 0.2) is 42.6 Å². The molecular weight excluding hydrogens is 289 g/mol. The number of methoxy groups -OCH3 is 1. The lowest BCUT2D eigenvalue weighted by Gasteiger charge is -2.32. The van der Waals surface area contributed by atoms with Gasteiger partial charge in [-0.2, -0.15) is 0 Å². The maximum absolute atomic E-state index is 6.12. The van der Waals surface area contributed by atoms with E-state index in [-0.39, 0.29) is 11.2 Å². The van der Waals surface area contributed by atoms with Crippen molar-refractivity contribution in [1.82, 2.24) is 4.98 Å². The van der Waals surface area contributed by atoms with Gasteiger partial charge in [-0.15, -0.1) is 0 Å². The summed E-state index contributed by atoms with van der Waals surface area (Å²) in [6.07, 6.45) is 1.78. The molecule has 0 unspecified atom stereocenters. The summed E-state index contributed by atoms with van der Waals surface area (Å²) in [5.41, 5.74) is 2.06. The fourth-order valence-electron chi connectivity index (χ4n) is 2.57. The molecule has 0 radical (unpaired) electrons. The van der Waals surface area contributed by atoms with Gasteiger partial charge in [0.25, 0.3) is 0 Å². The molecule has 3 rings (SSSR count). The Labute approximate surface area is 137 Å².